The van der Waals surface area contributed by atoms with Crippen molar-refractivity contribution in [2.24, 2.45) is 0 Å². The van der Waals surface area contributed by atoms with E-state index in [-0.39, 0.29) is 5.91 Å². The number of carbonyl (C=O) groups is 1. The number of aromatic nitrogens is 4. The predicted octanol–water partition coefficient (Wildman–Crippen LogP) is 3.33. The van der Waals surface area contributed by atoms with Gasteiger partial charge in [0, 0.05) is 11.8 Å². The molecule has 9 heteroatoms. The Morgan fingerprint density at radius 3 is 2.89 bits per heavy atom. The van der Waals surface area contributed by atoms with Crippen LogP contribution >= 0.6 is 23.2 Å². The highest BCUT2D eigenvalue weighted by molar-refractivity contribution is 6.42. The Morgan fingerprint density at radius 1 is 1.26 bits per heavy atom. The molecule has 1 aromatic carbocycles. The number of pyridine rings is 1. The minimum atomic E-state index is -0.522. The first-order chi connectivity index (χ1) is 13.1. The van der Waals surface area contributed by atoms with Crippen molar-refractivity contribution in [2.75, 3.05) is 10.6 Å². The Morgan fingerprint density at radius 2 is 2.11 bits per heavy atom. The van der Waals surface area contributed by atoms with Crippen molar-refractivity contribution >= 4 is 40.7 Å². The number of fused-ring (bicyclic) bond motifs is 1. The number of allylic oxidation sites excluding steroid dienone is 1. The molecule has 7 nitrogen and oxygen atoms in total. The Kier molecular flexibility index (Phi) is 4.55. The van der Waals surface area contributed by atoms with Gasteiger partial charge < -0.3 is 5.32 Å². The highest BCUT2D eigenvalue weighted by Crippen LogP contribution is 2.36. The van der Waals surface area contributed by atoms with Gasteiger partial charge in [0.1, 0.15) is 0 Å². The number of aromatic amines is 1. The van der Waals surface area contributed by atoms with Gasteiger partial charge in [0.05, 0.1) is 33.2 Å². The van der Waals surface area contributed by atoms with E-state index in [1.807, 2.05) is 13.0 Å². The fourth-order valence-electron chi connectivity index (χ4n) is 3.09. The van der Waals surface area contributed by atoms with Crippen LogP contribution in [0.5, 0.6) is 0 Å². The van der Waals surface area contributed by atoms with Gasteiger partial charge in [-0.25, -0.2) is 10.4 Å². The summed E-state index contributed by atoms with van der Waals surface area (Å²) in [5.41, 5.74) is 2.45. The molecule has 1 aliphatic rings. The molecule has 1 amide bonds. The molecule has 0 spiro atoms. The van der Waals surface area contributed by atoms with Crippen molar-refractivity contribution in [1.29, 1.82) is 0 Å². The summed E-state index contributed by atoms with van der Waals surface area (Å²) in [5.74, 6) is 0.299. The molecule has 136 valence electrons. The van der Waals surface area contributed by atoms with Gasteiger partial charge in [-0.15, -0.1) is 4.68 Å². The normalized spacial score (nSPS) is 15.9. The molecule has 4 rings (SSSR count). The van der Waals surface area contributed by atoms with Gasteiger partial charge in [0.15, 0.2) is 12.4 Å². The molecular weight excluding hydrogens is 387 g/mol. The number of hydrogen-bond donors (Lipinski definition) is 3. The molecule has 1 aliphatic heterocycles. The molecule has 1 atom stereocenters. The van der Waals surface area contributed by atoms with Gasteiger partial charge in [-0.2, -0.15) is 0 Å². The molecule has 0 bridgehead atoms. The zero-order valence-corrected chi connectivity index (χ0v) is 15.7. The summed E-state index contributed by atoms with van der Waals surface area (Å²) in [6, 6.07) is 8.35. The molecule has 2 aromatic heterocycles. The van der Waals surface area contributed by atoms with Crippen molar-refractivity contribution in [3.05, 3.63) is 75.9 Å². The smallest absolute Gasteiger partial charge is 0.321 e. The number of nitrogens with zero attached hydrogens (tertiary/aromatic N) is 3. The maximum Gasteiger partial charge on any atom is 0.416 e. The molecule has 1 unspecified atom stereocenters. The molecule has 0 aliphatic carbocycles. The molecule has 0 radical (unpaired) electrons. The summed E-state index contributed by atoms with van der Waals surface area (Å²) >= 11 is 12.7. The van der Waals surface area contributed by atoms with Crippen LogP contribution in [0.15, 0.2) is 60.3 Å². The SMILES string of the molecule is CC1=C(C(=O)Nc2cccnc2)C(c2cccc(Cl)c2Cl)[n+]2[nH]cnc2N1. The van der Waals surface area contributed by atoms with E-state index in [0.29, 0.717) is 38.5 Å². The van der Waals surface area contributed by atoms with Crippen molar-refractivity contribution in [3.63, 3.8) is 0 Å². The highest BCUT2D eigenvalue weighted by atomic mass is 35.5. The van der Waals surface area contributed by atoms with Crippen LogP contribution in [0.4, 0.5) is 11.6 Å². The van der Waals surface area contributed by atoms with Crippen LogP contribution < -0.4 is 15.3 Å². The van der Waals surface area contributed by atoms with E-state index in [9.17, 15) is 4.79 Å². The van der Waals surface area contributed by atoms with E-state index >= 15 is 0 Å². The number of carbonyl (C=O) groups excluding carboxylic acids is 1. The lowest BCUT2D eigenvalue weighted by Crippen LogP contribution is -2.50. The van der Waals surface area contributed by atoms with E-state index in [2.05, 4.69) is 25.7 Å². The summed E-state index contributed by atoms with van der Waals surface area (Å²) < 4.78 is 1.74. The maximum atomic E-state index is 13.1. The topological polar surface area (TPSA) is 86.6 Å². The molecule has 3 heterocycles. The predicted molar refractivity (Wildman–Crippen MR) is 103 cm³/mol. The van der Waals surface area contributed by atoms with Crippen LogP contribution in [0.3, 0.4) is 0 Å². The first-order valence-corrected chi connectivity index (χ1v) is 8.90. The van der Waals surface area contributed by atoms with Crippen LogP contribution in [-0.2, 0) is 4.79 Å². The monoisotopic (exact) mass is 401 g/mol. The minimum absolute atomic E-state index is 0.276. The number of benzene rings is 1. The number of H-pyrrole nitrogens is 1. The van der Waals surface area contributed by atoms with E-state index in [4.69, 9.17) is 23.2 Å². The lowest BCUT2D eigenvalue weighted by Gasteiger charge is -2.24. The van der Waals surface area contributed by atoms with Crippen LogP contribution in [0.2, 0.25) is 10.0 Å². The molecule has 3 aromatic rings. The second-order valence-electron chi connectivity index (χ2n) is 5.99. The van der Waals surface area contributed by atoms with Crippen molar-refractivity contribution in [2.45, 2.75) is 13.0 Å². The van der Waals surface area contributed by atoms with Gasteiger partial charge in [0.2, 0.25) is 0 Å². The largest absolute Gasteiger partial charge is 0.416 e. The van der Waals surface area contributed by atoms with Gasteiger partial charge in [-0.05, 0) is 25.1 Å². The number of amides is 1. The summed E-state index contributed by atoms with van der Waals surface area (Å²) in [6.07, 6.45) is 4.77. The molecule has 3 N–H and O–H groups in total. The zero-order valence-electron chi connectivity index (χ0n) is 14.2. The quantitative estimate of drug-likeness (QED) is 0.587. The summed E-state index contributed by atoms with van der Waals surface area (Å²) in [4.78, 5) is 21.4. The summed E-state index contributed by atoms with van der Waals surface area (Å²) in [6.45, 7) is 1.82. The third-order valence-corrected chi connectivity index (χ3v) is 5.12. The van der Waals surface area contributed by atoms with Crippen molar-refractivity contribution in [3.8, 4) is 0 Å². The molecular formula is C18H15Cl2N6O+. The number of nitrogens with one attached hydrogen (secondary N) is 3. The summed E-state index contributed by atoms with van der Waals surface area (Å²) in [5, 5.41) is 9.85. The van der Waals surface area contributed by atoms with Gasteiger partial charge >= 0.3 is 5.95 Å². The Labute approximate surface area is 165 Å². The number of rotatable bonds is 3. The first-order valence-electron chi connectivity index (χ1n) is 8.14. The molecule has 0 fully saturated rings. The third-order valence-electron chi connectivity index (χ3n) is 4.29. The second kappa shape index (κ2) is 7.02. The lowest BCUT2D eigenvalue weighted by atomic mass is 9.95. The maximum absolute atomic E-state index is 13.1. The van der Waals surface area contributed by atoms with E-state index in [1.54, 1.807) is 47.7 Å². The van der Waals surface area contributed by atoms with Gasteiger partial charge in [-0.3, -0.25) is 9.78 Å². The van der Waals surface area contributed by atoms with Crippen LogP contribution in [0.25, 0.3) is 0 Å². The number of hydrogen-bond acceptors (Lipinski definition) is 4. The van der Waals surface area contributed by atoms with Crippen LogP contribution in [0, 0.1) is 0 Å². The molecule has 0 saturated heterocycles. The number of halogens is 2. The van der Waals surface area contributed by atoms with Crippen molar-refractivity contribution < 1.29 is 9.48 Å². The zero-order chi connectivity index (χ0) is 19.0. The second-order valence-corrected chi connectivity index (χ2v) is 6.77. The van der Waals surface area contributed by atoms with E-state index in [1.165, 1.54) is 0 Å². The van der Waals surface area contributed by atoms with Crippen molar-refractivity contribution in [1.82, 2.24) is 15.1 Å². The molecule has 0 saturated carbocycles. The van der Waals surface area contributed by atoms with Gasteiger partial charge in [-0.1, -0.05) is 40.3 Å². The third kappa shape index (κ3) is 3.15. The standard InChI is InChI=1S/C18H14Cl2N6O/c1-10-14(17(27)25-11-4-3-7-21-8-11)16(26-18(24-10)22-9-23-26)12-5-2-6-13(19)15(12)20/h2-9,16H,1H3,(H2,22,23,24,25,27)/p+1. The Hall–Kier alpha value is -2.90. The van der Waals surface area contributed by atoms with Crippen LogP contribution in [0.1, 0.15) is 18.5 Å². The fourth-order valence-corrected chi connectivity index (χ4v) is 3.50. The summed E-state index contributed by atoms with van der Waals surface area (Å²) in [7, 11) is 0. The highest BCUT2D eigenvalue weighted by Gasteiger charge is 2.39. The minimum Gasteiger partial charge on any atom is -0.321 e. The average Bonchev–Trinajstić information content (AvgIpc) is 3.12. The van der Waals surface area contributed by atoms with E-state index in [0.717, 1.165) is 0 Å². The average molecular weight is 402 g/mol. The first kappa shape index (κ1) is 17.5. The van der Waals surface area contributed by atoms with Gasteiger partial charge in [0.25, 0.3) is 5.91 Å². The Bertz CT molecular complexity index is 1050. The lowest BCUT2D eigenvalue weighted by molar-refractivity contribution is -0.746. The van der Waals surface area contributed by atoms with E-state index < -0.39 is 6.04 Å². The van der Waals surface area contributed by atoms with Crippen LogP contribution in [-0.4, -0.2) is 21.0 Å². The number of anilines is 2. The Balaban J connectivity index is 1.82. The fraction of sp³-hybridized carbons (Fsp3) is 0.111. The molecule has 27 heavy (non-hydrogen) atoms.